The predicted molar refractivity (Wildman–Crippen MR) is 50.0 cm³/mol. The van der Waals surface area contributed by atoms with Crippen molar-refractivity contribution in [2.45, 2.75) is 18.9 Å². The second-order valence-electron chi connectivity index (χ2n) is 4.15. The van der Waals surface area contributed by atoms with E-state index >= 15 is 0 Å². The highest BCUT2D eigenvalue weighted by molar-refractivity contribution is 4.85. The van der Waals surface area contributed by atoms with Crippen molar-refractivity contribution >= 4 is 0 Å². The molecule has 1 aliphatic heterocycles. The van der Waals surface area contributed by atoms with Crippen molar-refractivity contribution in [3.63, 3.8) is 0 Å². The Kier molecular flexibility index (Phi) is 2.63. The molecule has 70 valence electrons. The maximum atomic E-state index is 5.74. The third-order valence-electron chi connectivity index (χ3n) is 3.00. The smallest absolute Gasteiger partial charge is 0.0107 e. The zero-order valence-electron chi connectivity index (χ0n) is 7.63. The summed E-state index contributed by atoms with van der Waals surface area (Å²) in [5, 5.41) is 3.37. The van der Waals surface area contributed by atoms with Gasteiger partial charge in [0.2, 0.25) is 0 Å². The Morgan fingerprint density at radius 3 is 2.50 bits per heavy atom. The Morgan fingerprint density at radius 2 is 1.92 bits per heavy atom. The SMILES string of the molecule is NC1CC(CN2CCNCC2)C1. The Balaban J connectivity index is 1.65. The monoisotopic (exact) mass is 169 g/mol. The standard InChI is InChI=1S/C9H19N3/c10-9-5-8(6-9)7-12-3-1-11-2-4-12/h8-9,11H,1-7,10H2. The minimum atomic E-state index is 0.512. The van der Waals surface area contributed by atoms with Crippen molar-refractivity contribution in [1.29, 1.82) is 0 Å². The molecule has 0 radical (unpaired) electrons. The van der Waals surface area contributed by atoms with E-state index in [-0.39, 0.29) is 0 Å². The van der Waals surface area contributed by atoms with Crippen LogP contribution < -0.4 is 11.1 Å². The largest absolute Gasteiger partial charge is 0.328 e. The van der Waals surface area contributed by atoms with Crippen molar-refractivity contribution in [1.82, 2.24) is 10.2 Å². The van der Waals surface area contributed by atoms with Gasteiger partial charge in [-0.25, -0.2) is 0 Å². The summed E-state index contributed by atoms with van der Waals surface area (Å²) in [5.74, 6) is 0.901. The van der Waals surface area contributed by atoms with Crippen LogP contribution in [0.1, 0.15) is 12.8 Å². The van der Waals surface area contributed by atoms with E-state index in [0.717, 1.165) is 5.92 Å². The van der Waals surface area contributed by atoms with E-state index in [9.17, 15) is 0 Å². The molecule has 1 aliphatic carbocycles. The zero-order valence-corrected chi connectivity index (χ0v) is 7.63. The highest BCUT2D eigenvalue weighted by Crippen LogP contribution is 2.26. The van der Waals surface area contributed by atoms with E-state index in [1.54, 1.807) is 0 Å². The molecule has 0 spiro atoms. The maximum Gasteiger partial charge on any atom is 0.0107 e. The van der Waals surface area contributed by atoms with E-state index in [4.69, 9.17) is 5.73 Å². The van der Waals surface area contributed by atoms with E-state index in [1.165, 1.54) is 45.6 Å². The van der Waals surface area contributed by atoms with E-state index in [0.29, 0.717) is 6.04 Å². The normalized spacial score (nSPS) is 37.8. The second kappa shape index (κ2) is 3.73. The lowest BCUT2D eigenvalue weighted by molar-refractivity contribution is 0.148. The molecule has 12 heavy (non-hydrogen) atoms. The summed E-state index contributed by atoms with van der Waals surface area (Å²) in [7, 11) is 0. The highest BCUT2D eigenvalue weighted by Gasteiger charge is 2.27. The van der Waals surface area contributed by atoms with Gasteiger partial charge >= 0.3 is 0 Å². The van der Waals surface area contributed by atoms with Crippen LogP contribution in [0.15, 0.2) is 0 Å². The summed E-state index contributed by atoms with van der Waals surface area (Å²) >= 11 is 0. The molecule has 0 unspecified atom stereocenters. The van der Waals surface area contributed by atoms with Gasteiger partial charge in [0, 0.05) is 38.8 Å². The molecular formula is C9H19N3. The van der Waals surface area contributed by atoms with Gasteiger partial charge in [-0.3, -0.25) is 0 Å². The Bertz CT molecular complexity index is 137. The average Bonchev–Trinajstić information content (AvgIpc) is 2.04. The van der Waals surface area contributed by atoms with Gasteiger partial charge in [0.05, 0.1) is 0 Å². The highest BCUT2D eigenvalue weighted by atomic mass is 15.2. The summed E-state index contributed by atoms with van der Waals surface area (Å²) in [5.41, 5.74) is 5.74. The van der Waals surface area contributed by atoms with Gasteiger partial charge in [0.1, 0.15) is 0 Å². The lowest BCUT2D eigenvalue weighted by atomic mass is 9.80. The topological polar surface area (TPSA) is 41.3 Å². The van der Waals surface area contributed by atoms with Crippen LogP contribution in [-0.4, -0.2) is 43.7 Å². The van der Waals surface area contributed by atoms with Gasteiger partial charge in [-0.05, 0) is 18.8 Å². The molecule has 3 heteroatoms. The molecule has 3 N–H and O–H groups in total. The van der Waals surface area contributed by atoms with Gasteiger partial charge in [-0.15, -0.1) is 0 Å². The fourth-order valence-corrected chi connectivity index (χ4v) is 2.20. The van der Waals surface area contributed by atoms with Crippen molar-refractivity contribution < 1.29 is 0 Å². The molecule has 0 aromatic carbocycles. The number of hydrogen-bond donors (Lipinski definition) is 2. The third-order valence-corrected chi connectivity index (χ3v) is 3.00. The molecular weight excluding hydrogens is 150 g/mol. The van der Waals surface area contributed by atoms with Gasteiger partial charge < -0.3 is 16.0 Å². The van der Waals surface area contributed by atoms with Crippen LogP contribution in [-0.2, 0) is 0 Å². The summed E-state index contributed by atoms with van der Waals surface area (Å²) in [6, 6.07) is 0.512. The number of rotatable bonds is 2. The first kappa shape index (κ1) is 8.48. The molecule has 1 saturated carbocycles. The number of piperazine rings is 1. The quantitative estimate of drug-likeness (QED) is 0.592. The molecule has 0 atom stereocenters. The van der Waals surface area contributed by atoms with E-state index in [2.05, 4.69) is 10.2 Å². The Labute approximate surface area is 74.3 Å². The van der Waals surface area contributed by atoms with Crippen LogP contribution in [0.25, 0.3) is 0 Å². The summed E-state index contributed by atoms with van der Waals surface area (Å²) in [6.45, 7) is 6.07. The minimum absolute atomic E-state index is 0.512. The molecule has 0 aromatic rings. The Hall–Kier alpha value is -0.120. The van der Waals surface area contributed by atoms with Gasteiger partial charge in [0.25, 0.3) is 0 Å². The van der Waals surface area contributed by atoms with E-state index in [1.807, 2.05) is 0 Å². The van der Waals surface area contributed by atoms with Crippen LogP contribution >= 0.6 is 0 Å². The first-order valence-corrected chi connectivity index (χ1v) is 5.03. The first-order valence-electron chi connectivity index (χ1n) is 5.03. The zero-order chi connectivity index (χ0) is 8.39. The molecule has 2 rings (SSSR count). The lowest BCUT2D eigenvalue weighted by Gasteiger charge is -2.38. The van der Waals surface area contributed by atoms with E-state index < -0.39 is 0 Å². The van der Waals surface area contributed by atoms with Crippen molar-refractivity contribution in [2.24, 2.45) is 11.7 Å². The lowest BCUT2D eigenvalue weighted by Crippen LogP contribution is -2.49. The maximum absolute atomic E-state index is 5.74. The van der Waals surface area contributed by atoms with Gasteiger partial charge in [-0.2, -0.15) is 0 Å². The minimum Gasteiger partial charge on any atom is -0.328 e. The molecule has 3 nitrogen and oxygen atoms in total. The molecule has 2 aliphatic rings. The fourth-order valence-electron chi connectivity index (χ4n) is 2.20. The number of nitrogens with zero attached hydrogens (tertiary/aromatic N) is 1. The Morgan fingerprint density at radius 1 is 1.25 bits per heavy atom. The molecule has 1 saturated heterocycles. The molecule has 0 bridgehead atoms. The molecule has 0 amide bonds. The van der Waals surface area contributed by atoms with Crippen LogP contribution in [0.5, 0.6) is 0 Å². The van der Waals surface area contributed by atoms with Crippen LogP contribution in [0.2, 0.25) is 0 Å². The van der Waals surface area contributed by atoms with Gasteiger partial charge in [0.15, 0.2) is 0 Å². The number of nitrogens with two attached hydrogens (primary N) is 1. The molecule has 0 aromatic heterocycles. The average molecular weight is 169 g/mol. The predicted octanol–water partition coefficient (Wildman–Crippen LogP) is -0.371. The fraction of sp³-hybridized carbons (Fsp3) is 1.00. The van der Waals surface area contributed by atoms with Crippen LogP contribution in [0, 0.1) is 5.92 Å². The number of nitrogens with one attached hydrogen (secondary N) is 1. The van der Waals surface area contributed by atoms with Crippen molar-refractivity contribution in [2.75, 3.05) is 32.7 Å². The number of hydrogen-bond acceptors (Lipinski definition) is 3. The van der Waals surface area contributed by atoms with Gasteiger partial charge in [-0.1, -0.05) is 0 Å². The second-order valence-corrected chi connectivity index (χ2v) is 4.15. The first-order chi connectivity index (χ1) is 5.84. The molecule has 2 fully saturated rings. The van der Waals surface area contributed by atoms with Crippen molar-refractivity contribution in [3.8, 4) is 0 Å². The van der Waals surface area contributed by atoms with Crippen LogP contribution in [0.4, 0.5) is 0 Å². The summed E-state index contributed by atoms with van der Waals surface area (Å²) in [6.07, 6.45) is 2.51. The molecule has 1 heterocycles. The van der Waals surface area contributed by atoms with Crippen molar-refractivity contribution in [3.05, 3.63) is 0 Å². The third kappa shape index (κ3) is 1.97. The summed E-state index contributed by atoms with van der Waals surface area (Å²) < 4.78 is 0. The summed E-state index contributed by atoms with van der Waals surface area (Å²) in [4.78, 5) is 2.56. The van der Waals surface area contributed by atoms with Crippen LogP contribution in [0.3, 0.4) is 0 Å².